The molecule has 1 heterocycles. The van der Waals surface area contributed by atoms with Gasteiger partial charge in [-0.25, -0.2) is 0 Å². The van der Waals surface area contributed by atoms with Crippen molar-refractivity contribution in [1.82, 2.24) is 5.32 Å². The topological polar surface area (TPSA) is 72.2 Å². The number of primary amides is 1. The number of thiophene rings is 1. The number of nitrogens with two attached hydrogens (primary N) is 1. The molecule has 0 spiro atoms. The van der Waals surface area contributed by atoms with E-state index in [1.165, 1.54) is 11.3 Å². The Morgan fingerprint density at radius 2 is 2.13 bits per heavy atom. The Hall–Kier alpha value is -1.36. The molecule has 5 heteroatoms. The molecule has 3 N–H and O–H groups in total. The molecule has 1 aromatic heterocycles. The van der Waals surface area contributed by atoms with Crippen molar-refractivity contribution in [2.24, 2.45) is 11.7 Å². The Morgan fingerprint density at radius 1 is 1.47 bits per heavy atom. The van der Waals surface area contributed by atoms with Gasteiger partial charge in [-0.1, -0.05) is 19.9 Å². The first-order valence-corrected chi connectivity index (χ1v) is 5.54. The zero-order valence-corrected chi connectivity index (χ0v) is 9.51. The van der Waals surface area contributed by atoms with Crippen molar-refractivity contribution in [3.05, 3.63) is 22.4 Å². The molecule has 1 atom stereocenters. The van der Waals surface area contributed by atoms with Crippen LogP contribution in [0.3, 0.4) is 0 Å². The first kappa shape index (κ1) is 11.7. The largest absolute Gasteiger partial charge is 0.368 e. The molecule has 0 aromatic carbocycles. The van der Waals surface area contributed by atoms with Crippen LogP contribution in [-0.4, -0.2) is 17.9 Å². The summed E-state index contributed by atoms with van der Waals surface area (Å²) in [6.07, 6.45) is 0. The quantitative estimate of drug-likeness (QED) is 0.803. The number of amides is 2. The van der Waals surface area contributed by atoms with Gasteiger partial charge in [0, 0.05) is 0 Å². The lowest BCUT2D eigenvalue weighted by molar-refractivity contribution is -0.120. The Morgan fingerprint density at radius 3 is 2.53 bits per heavy atom. The smallest absolute Gasteiger partial charge is 0.262 e. The van der Waals surface area contributed by atoms with Crippen LogP contribution in [0.1, 0.15) is 23.5 Å². The van der Waals surface area contributed by atoms with Gasteiger partial charge < -0.3 is 11.1 Å². The van der Waals surface area contributed by atoms with E-state index in [1.807, 2.05) is 19.2 Å². The summed E-state index contributed by atoms with van der Waals surface area (Å²) in [4.78, 5) is 23.3. The van der Waals surface area contributed by atoms with Crippen molar-refractivity contribution in [1.29, 1.82) is 0 Å². The summed E-state index contributed by atoms with van der Waals surface area (Å²) < 4.78 is 0. The highest BCUT2D eigenvalue weighted by Crippen LogP contribution is 2.09. The summed E-state index contributed by atoms with van der Waals surface area (Å²) in [6.45, 7) is 3.67. The summed E-state index contributed by atoms with van der Waals surface area (Å²) in [5.41, 5.74) is 5.19. The first-order chi connectivity index (χ1) is 7.02. The lowest BCUT2D eigenvalue weighted by Crippen LogP contribution is -2.47. The highest BCUT2D eigenvalue weighted by molar-refractivity contribution is 7.12. The number of hydrogen-bond acceptors (Lipinski definition) is 3. The summed E-state index contributed by atoms with van der Waals surface area (Å²) >= 11 is 1.33. The molecule has 0 aliphatic heterocycles. The van der Waals surface area contributed by atoms with Gasteiger partial charge in [0.1, 0.15) is 6.04 Å². The van der Waals surface area contributed by atoms with Crippen LogP contribution in [0.5, 0.6) is 0 Å². The average Bonchev–Trinajstić information content (AvgIpc) is 2.65. The van der Waals surface area contributed by atoms with Crippen molar-refractivity contribution in [2.45, 2.75) is 19.9 Å². The van der Waals surface area contributed by atoms with E-state index in [0.717, 1.165) is 0 Å². The van der Waals surface area contributed by atoms with Gasteiger partial charge in [0.05, 0.1) is 4.88 Å². The van der Waals surface area contributed by atoms with Gasteiger partial charge in [0.2, 0.25) is 5.91 Å². The number of nitrogens with one attached hydrogen (secondary N) is 1. The molecule has 0 aliphatic rings. The molecule has 0 bridgehead atoms. The van der Waals surface area contributed by atoms with E-state index in [-0.39, 0.29) is 11.8 Å². The molecular weight excluding hydrogens is 212 g/mol. The number of carbonyl (C=O) groups excluding carboxylic acids is 2. The molecule has 0 saturated carbocycles. The SMILES string of the molecule is CC(C)C(NC(=O)c1cccs1)C(N)=O. The van der Waals surface area contributed by atoms with Gasteiger partial charge in [-0.3, -0.25) is 9.59 Å². The zero-order valence-electron chi connectivity index (χ0n) is 8.69. The lowest BCUT2D eigenvalue weighted by Gasteiger charge is -2.18. The molecule has 0 fully saturated rings. The minimum atomic E-state index is -0.611. The summed E-state index contributed by atoms with van der Waals surface area (Å²) in [6, 6.07) is 2.88. The average molecular weight is 226 g/mol. The molecule has 4 nitrogen and oxygen atoms in total. The fourth-order valence-electron chi connectivity index (χ4n) is 1.19. The standard InChI is InChI=1S/C10H14N2O2S/c1-6(2)8(9(11)13)12-10(14)7-4-3-5-15-7/h3-6,8H,1-2H3,(H2,11,13)(H,12,14). The highest BCUT2D eigenvalue weighted by atomic mass is 32.1. The third-order valence-electron chi connectivity index (χ3n) is 2.00. The first-order valence-electron chi connectivity index (χ1n) is 4.66. The fourth-order valence-corrected chi connectivity index (χ4v) is 1.81. The molecule has 15 heavy (non-hydrogen) atoms. The van der Waals surface area contributed by atoms with Crippen LogP contribution >= 0.6 is 11.3 Å². The molecule has 1 rings (SSSR count). The summed E-state index contributed by atoms with van der Waals surface area (Å²) in [5.74, 6) is -0.760. The van der Waals surface area contributed by atoms with Crippen molar-refractivity contribution in [3.8, 4) is 0 Å². The molecule has 0 saturated heterocycles. The Kier molecular flexibility index (Phi) is 3.85. The van der Waals surface area contributed by atoms with Gasteiger partial charge in [-0.2, -0.15) is 0 Å². The second-order valence-electron chi connectivity index (χ2n) is 3.57. The lowest BCUT2D eigenvalue weighted by atomic mass is 10.0. The maximum absolute atomic E-state index is 11.6. The second kappa shape index (κ2) is 4.93. The van der Waals surface area contributed by atoms with E-state index in [4.69, 9.17) is 5.73 Å². The van der Waals surface area contributed by atoms with Crippen LogP contribution < -0.4 is 11.1 Å². The fraction of sp³-hybridized carbons (Fsp3) is 0.400. The Bertz CT molecular complexity index is 346. The van der Waals surface area contributed by atoms with Crippen LogP contribution in [0.4, 0.5) is 0 Å². The Balaban J connectivity index is 2.67. The number of rotatable bonds is 4. The third-order valence-corrected chi connectivity index (χ3v) is 2.87. The van der Waals surface area contributed by atoms with Gasteiger partial charge in [-0.15, -0.1) is 11.3 Å². The number of carbonyl (C=O) groups is 2. The van der Waals surface area contributed by atoms with Gasteiger partial charge in [0.15, 0.2) is 0 Å². The minimum absolute atomic E-state index is 0.00795. The van der Waals surface area contributed by atoms with Crippen LogP contribution in [0.15, 0.2) is 17.5 Å². The third kappa shape index (κ3) is 3.06. The van der Waals surface area contributed by atoms with Gasteiger partial charge in [0.25, 0.3) is 5.91 Å². The summed E-state index contributed by atoms with van der Waals surface area (Å²) in [5, 5.41) is 4.42. The van der Waals surface area contributed by atoms with E-state index >= 15 is 0 Å². The summed E-state index contributed by atoms with van der Waals surface area (Å²) in [7, 11) is 0. The molecule has 0 aliphatic carbocycles. The van der Waals surface area contributed by atoms with E-state index in [1.54, 1.807) is 12.1 Å². The van der Waals surface area contributed by atoms with Crippen LogP contribution in [0.2, 0.25) is 0 Å². The molecule has 1 unspecified atom stereocenters. The van der Waals surface area contributed by atoms with E-state index < -0.39 is 11.9 Å². The predicted molar refractivity (Wildman–Crippen MR) is 59.6 cm³/mol. The van der Waals surface area contributed by atoms with Crippen molar-refractivity contribution >= 4 is 23.2 Å². The monoisotopic (exact) mass is 226 g/mol. The van der Waals surface area contributed by atoms with Crippen molar-refractivity contribution in [3.63, 3.8) is 0 Å². The molecule has 2 amide bonds. The molecular formula is C10H14N2O2S. The van der Waals surface area contributed by atoms with Crippen LogP contribution in [0, 0.1) is 5.92 Å². The molecule has 1 aromatic rings. The van der Waals surface area contributed by atoms with Crippen LogP contribution in [-0.2, 0) is 4.79 Å². The van der Waals surface area contributed by atoms with Gasteiger partial charge in [-0.05, 0) is 17.4 Å². The molecule has 0 radical (unpaired) electrons. The number of hydrogen-bond donors (Lipinski definition) is 2. The van der Waals surface area contributed by atoms with E-state index in [0.29, 0.717) is 4.88 Å². The minimum Gasteiger partial charge on any atom is -0.368 e. The van der Waals surface area contributed by atoms with E-state index in [9.17, 15) is 9.59 Å². The zero-order chi connectivity index (χ0) is 11.4. The Labute approximate surface area is 92.5 Å². The predicted octanol–water partition coefficient (Wildman–Crippen LogP) is 0.988. The van der Waals surface area contributed by atoms with Crippen molar-refractivity contribution in [2.75, 3.05) is 0 Å². The highest BCUT2D eigenvalue weighted by Gasteiger charge is 2.22. The maximum atomic E-state index is 11.6. The van der Waals surface area contributed by atoms with Crippen molar-refractivity contribution < 1.29 is 9.59 Å². The maximum Gasteiger partial charge on any atom is 0.262 e. The second-order valence-corrected chi connectivity index (χ2v) is 4.52. The van der Waals surface area contributed by atoms with Crippen LogP contribution in [0.25, 0.3) is 0 Å². The normalized spacial score (nSPS) is 12.5. The van der Waals surface area contributed by atoms with E-state index in [2.05, 4.69) is 5.32 Å². The van der Waals surface area contributed by atoms with Gasteiger partial charge >= 0.3 is 0 Å². The molecule has 82 valence electrons.